The van der Waals surface area contributed by atoms with Crippen LogP contribution in [0.3, 0.4) is 0 Å². The van der Waals surface area contributed by atoms with E-state index in [1.54, 1.807) is 6.20 Å². The predicted octanol–water partition coefficient (Wildman–Crippen LogP) is -1.86. The number of aliphatic imine (C=N–C) groups is 1. The number of aromatic amines is 1. The first-order valence-electron chi connectivity index (χ1n) is 10.0. The van der Waals surface area contributed by atoms with E-state index in [1.165, 1.54) is 0 Å². The van der Waals surface area contributed by atoms with Gasteiger partial charge in [-0.2, -0.15) is 0 Å². The van der Waals surface area contributed by atoms with E-state index in [2.05, 4.69) is 20.6 Å². The lowest BCUT2D eigenvalue weighted by Crippen LogP contribution is -2.55. The van der Waals surface area contributed by atoms with E-state index in [0.29, 0.717) is 13.0 Å². The Kier molecular flexibility index (Phi) is 8.98. The molecule has 1 heterocycles. The SMILES string of the molecule is NC(N)=NCCC[C@H](N)C(=O)N[C@@H](Cc1c[nH]c2ccccc12)C(=O)N[C@@H](CO)C(=O)O. The normalized spacial score (nSPS) is 13.7. The number of carboxylic acids is 1. The number of carbonyl (C=O) groups excluding carboxylic acids is 2. The lowest BCUT2D eigenvalue weighted by Gasteiger charge is -2.22. The van der Waals surface area contributed by atoms with Gasteiger partial charge in [-0.25, -0.2) is 4.79 Å². The van der Waals surface area contributed by atoms with Gasteiger partial charge in [-0.15, -0.1) is 0 Å². The summed E-state index contributed by atoms with van der Waals surface area (Å²) in [5.41, 5.74) is 18.0. The van der Waals surface area contributed by atoms with Gasteiger partial charge >= 0.3 is 5.97 Å². The highest BCUT2D eigenvalue weighted by Crippen LogP contribution is 2.19. The summed E-state index contributed by atoms with van der Waals surface area (Å²) >= 11 is 0. The Bertz CT molecular complexity index is 970. The third-order valence-electron chi connectivity index (χ3n) is 4.83. The zero-order valence-corrected chi connectivity index (χ0v) is 17.5. The number of aliphatic carboxylic acids is 1. The number of H-pyrrole nitrogens is 1. The Hall–Kier alpha value is -3.64. The van der Waals surface area contributed by atoms with E-state index >= 15 is 0 Å². The number of guanidine groups is 1. The summed E-state index contributed by atoms with van der Waals surface area (Å²) in [6.07, 6.45) is 2.53. The van der Waals surface area contributed by atoms with Crippen LogP contribution in [0.4, 0.5) is 0 Å². The van der Waals surface area contributed by atoms with Gasteiger partial charge in [-0.05, 0) is 24.5 Å². The van der Waals surface area contributed by atoms with Crippen molar-refractivity contribution in [3.63, 3.8) is 0 Å². The van der Waals surface area contributed by atoms with Crippen LogP contribution in [0.1, 0.15) is 18.4 Å². The average molecular weight is 447 g/mol. The largest absolute Gasteiger partial charge is 0.480 e. The second-order valence-corrected chi connectivity index (χ2v) is 7.26. The number of amides is 2. The van der Waals surface area contributed by atoms with Crippen molar-refractivity contribution < 1.29 is 24.6 Å². The number of hydrogen-bond acceptors (Lipinski definition) is 6. The molecule has 1 aromatic carbocycles. The fourth-order valence-corrected chi connectivity index (χ4v) is 3.12. The molecule has 0 aliphatic rings. The average Bonchev–Trinajstić information content (AvgIpc) is 3.16. The van der Waals surface area contributed by atoms with Crippen molar-refractivity contribution in [2.24, 2.45) is 22.2 Å². The molecule has 0 bridgehead atoms. The van der Waals surface area contributed by atoms with Crippen molar-refractivity contribution in [3.8, 4) is 0 Å². The van der Waals surface area contributed by atoms with Gasteiger partial charge < -0.3 is 43.0 Å². The number of aliphatic hydroxyl groups is 1. The van der Waals surface area contributed by atoms with E-state index in [-0.39, 0.29) is 18.8 Å². The van der Waals surface area contributed by atoms with Gasteiger partial charge in [-0.1, -0.05) is 18.2 Å². The van der Waals surface area contributed by atoms with Crippen LogP contribution in [0.25, 0.3) is 10.9 Å². The summed E-state index contributed by atoms with van der Waals surface area (Å²) in [7, 11) is 0. The van der Waals surface area contributed by atoms with Crippen LogP contribution in [-0.4, -0.2) is 70.2 Å². The topological polar surface area (TPSA) is 222 Å². The molecule has 3 atom stereocenters. The van der Waals surface area contributed by atoms with Crippen LogP contribution >= 0.6 is 0 Å². The number of nitrogens with one attached hydrogen (secondary N) is 3. The Balaban J connectivity index is 2.14. The zero-order valence-electron chi connectivity index (χ0n) is 17.5. The highest BCUT2D eigenvalue weighted by molar-refractivity contribution is 5.93. The van der Waals surface area contributed by atoms with Crippen LogP contribution < -0.4 is 27.8 Å². The first kappa shape index (κ1) is 24.6. The van der Waals surface area contributed by atoms with Crippen molar-refractivity contribution in [3.05, 3.63) is 36.0 Å². The number of aromatic nitrogens is 1. The standard InChI is InChI=1S/C20H29N7O5/c21-13(5-3-7-24-20(22)23)17(29)26-15(18(30)27-16(10-28)19(31)32)8-11-9-25-14-6-2-1-4-12(11)14/h1-2,4,6,9,13,15-16,25,28H,3,5,7-8,10,21H2,(H,26,29)(H,27,30)(H,31,32)(H4,22,23,24)/t13-,15-,16-/m0/s1. The molecule has 0 unspecified atom stereocenters. The first-order chi connectivity index (χ1) is 15.2. The summed E-state index contributed by atoms with van der Waals surface area (Å²) in [4.78, 5) is 43.5. The van der Waals surface area contributed by atoms with E-state index in [9.17, 15) is 19.5 Å². The Morgan fingerprint density at radius 2 is 1.78 bits per heavy atom. The van der Waals surface area contributed by atoms with Gasteiger partial charge in [0.05, 0.1) is 12.6 Å². The van der Waals surface area contributed by atoms with E-state index in [1.807, 2.05) is 24.3 Å². The Morgan fingerprint density at radius 3 is 2.44 bits per heavy atom. The third-order valence-corrected chi connectivity index (χ3v) is 4.83. The minimum atomic E-state index is -1.50. The van der Waals surface area contributed by atoms with Crippen molar-refractivity contribution >= 4 is 34.6 Å². The van der Waals surface area contributed by atoms with Crippen LogP contribution in [0.2, 0.25) is 0 Å². The second kappa shape index (κ2) is 11.7. The molecule has 174 valence electrons. The molecule has 12 heteroatoms. The maximum absolute atomic E-state index is 12.8. The highest BCUT2D eigenvalue weighted by atomic mass is 16.4. The molecule has 0 aliphatic carbocycles. The maximum atomic E-state index is 12.8. The number of hydrogen-bond donors (Lipinski definition) is 8. The molecule has 0 saturated heterocycles. The molecule has 12 nitrogen and oxygen atoms in total. The number of carboxylic acid groups (broad SMARTS) is 1. The molecule has 0 aliphatic heterocycles. The highest BCUT2D eigenvalue weighted by Gasteiger charge is 2.28. The van der Waals surface area contributed by atoms with Gasteiger partial charge in [0.15, 0.2) is 5.96 Å². The number of fused-ring (bicyclic) bond motifs is 1. The Labute approximate surface area is 184 Å². The van der Waals surface area contributed by atoms with Crippen LogP contribution in [0, 0.1) is 0 Å². The smallest absolute Gasteiger partial charge is 0.328 e. The molecule has 0 radical (unpaired) electrons. The molecular weight excluding hydrogens is 418 g/mol. The maximum Gasteiger partial charge on any atom is 0.328 e. The fourth-order valence-electron chi connectivity index (χ4n) is 3.12. The van der Waals surface area contributed by atoms with Crippen LogP contribution in [0.5, 0.6) is 0 Å². The Morgan fingerprint density at radius 1 is 1.09 bits per heavy atom. The monoisotopic (exact) mass is 447 g/mol. The number of carbonyl (C=O) groups is 3. The first-order valence-corrected chi connectivity index (χ1v) is 10.0. The van der Waals surface area contributed by atoms with E-state index in [0.717, 1.165) is 16.5 Å². The molecule has 1 aromatic heterocycles. The quantitative estimate of drug-likeness (QED) is 0.104. The molecule has 11 N–H and O–H groups in total. The summed E-state index contributed by atoms with van der Waals surface area (Å²) in [5.74, 6) is -2.78. The minimum absolute atomic E-state index is 0.0599. The van der Waals surface area contributed by atoms with Gasteiger partial charge in [0.1, 0.15) is 12.1 Å². The molecule has 32 heavy (non-hydrogen) atoms. The number of para-hydroxylation sites is 1. The van der Waals surface area contributed by atoms with Crippen LogP contribution in [-0.2, 0) is 20.8 Å². The summed E-state index contributed by atoms with van der Waals surface area (Å²) in [6, 6.07) is 3.89. The predicted molar refractivity (Wildman–Crippen MR) is 118 cm³/mol. The zero-order chi connectivity index (χ0) is 23.7. The molecule has 0 saturated carbocycles. The minimum Gasteiger partial charge on any atom is -0.480 e. The second-order valence-electron chi connectivity index (χ2n) is 7.26. The fraction of sp³-hybridized carbons (Fsp3) is 0.400. The molecule has 0 spiro atoms. The van der Waals surface area contributed by atoms with Gasteiger partial charge in [0.2, 0.25) is 11.8 Å². The summed E-state index contributed by atoms with van der Waals surface area (Å²) in [5, 5.41) is 24.0. The number of aliphatic hydroxyl groups excluding tert-OH is 1. The van der Waals surface area contributed by atoms with Crippen molar-refractivity contribution in [1.82, 2.24) is 15.6 Å². The summed E-state index contributed by atoms with van der Waals surface area (Å²) < 4.78 is 0. The number of nitrogens with two attached hydrogens (primary N) is 3. The molecule has 2 amide bonds. The van der Waals surface area contributed by atoms with Crippen molar-refractivity contribution in [1.29, 1.82) is 0 Å². The molecule has 2 rings (SSSR count). The number of rotatable bonds is 12. The van der Waals surface area contributed by atoms with Gasteiger partial charge in [0, 0.05) is 30.1 Å². The molecular formula is C20H29N7O5. The van der Waals surface area contributed by atoms with Crippen molar-refractivity contribution in [2.45, 2.75) is 37.4 Å². The van der Waals surface area contributed by atoms with Gasteiger partial charge in [0.25, 0.3) is 0 Å². The number of nitrogens with zero attached hydrogens (tertiary/aromatic N) is 1. The van der Waals surface area contributed by atoms with E-state index < -0.39 is 42.5 Å². The molecule has 0 fully saturated rings. The van der Waals surface area contributed by atoms with Crippen LogP contribution in [0.15, 0.2) is 35.5 Å². The molecule has 2 aromatic rings. The summed E-state index contributed by atoms with van der Waals surface area (Å²) in [6.45, 7) is -0.488. The van der Waals surface area contributed by atoms with E-state index in [4.69, 9.17) is 22.3 Å². The lowest BCUT2D eigenvalue weighted by molar-refractivity contribution is -0.143. The number of benzene rings is 1. The van der Waals surface area contributed by atoms with Gasteiger partial charge in [-0.3, -0.25) is 14.6 Å². The van der Waals surface area contributed by atoms with Crippen molar-refractivity contribution in [2.75, 3.05) is 13.2 Å². The lowest BCUT2D eigenvalue weighted by atomic mass is 10.0. The third kappa shape index (κ3) is 6.96.